The van der Waals surface area contributed by atoms with Crippen molar-refractivity contribution in [2.75, 3.05) is 5.32 Å². The average molecular weight is 406 g/mol. The normalized spacial score (nSPS) is 16.6. The van der Waals surface area contributed by atoms with Gasteiger partial charge < -0.3 is 10.2 Å². The summed E-state index contributed by atoms with van der Waals surface area (Å²) >= 11 is 6.55. The summed E-state index contributed by atoms with van der Waals surface area (Å²) in [4.78, 5) is 21.9. The number of hydrogen-bond donors (Lipinski definition) is 1. The third-order valence-corrected chi connectivity index (χ3v) is 5.22. The summed E-state index contributed by atoms with van der Waals surface area (Å²) in [5, 5.41) is 6.77. The summed E-state index contributed by atoms with van der Waals surface area (Å²) in [5.74, 6) is -0.115. The van der Waals surface area contributed by atoms with Crippen LogP contribution in [0, 0.1) is 0 Å². The summed E-state index contributed by atoms with van der Waals surface area (Å²) in [6, 6.07) is 21.2. The van der Waals surface area contributed by atoms with Gasteiger partial charge in [0.05, 0.1) is 17.5 Å². The summed E-state index contributed by atoms with van der Waals surface area (Å²) in [6.07, 6.45) is 4.00. The minimum absolute atomic E-state index is 0.115. The van der Waals surface area contributed by atoms with Crippen LogP contribution >= 0.6 is 11.6 Å². The maximum absolute atomic E-state index is 12.4. The van der Waals surface area contributed by atoms with Crippen molar-refractivity contribution in [3.63, 3.8) is 0 Å². The molecule has 1 amide bonds. The van der Waals surface area contributed by atoms with E-state index in [0.717, 1.165) is 28.1 Å². The van der Waals surface area contributed by atoms with E-state index in [1.807, 2.05) is 66.7 Å². The van der Waals surface area contributed by atoms with E-state index in [1.54, 1.807) is 12.4 Å². The van der Waals surface area contributed by atoms with Crippen molar-refractivity contribution in [1.29, 1.82) is 0 Å². The van der Waals surface area contributed by atoms with Crippen molar-refractivity contribution in [3.8, 4) is 0 Å². The highest BCUT2D eigenvalue weighted by atomic mass is 35.5. The van der Waals surface area contributed by atoms with Crippen LogP contribution in [-0.4, -0.2) is 22.7 Å². The van der Waals surface area contributed by atoms with Crippen LogP contribution in [0.25, 0.3) is 0 Å². The first-order valence-electron chi connectivity index (χ1n) is 9.41. The van der Waals surface area contributed by atoms with Crippen LogP contribution in [-0.2, 0) is 9.63 Å². The Morgan fingerprint density at radius 2 is 1.83 bits per heavy atom. The van der Waals surface area contributed by atoms with Gasteiger partial charge in [-0.05, 0) is 35.4 Å². The Morgan fingerprint density at radius 3 is 2.55 bits per heavy atom. The van der Waals surface area contributed by atoms with Crippen molar-refractivity contribution in [2.45, 2.75) is 24.3 Å². The number of rotatable bonds is 6. The van der Waals surface area contributed by atoms with Crippen LogP contribution in [0.4, 0.5) is 5.69 Å². The Bertz CT molecular complexity index is 992. The molecule has 0 fully saturated rings. The van der Waals surface area contributed by atoms with Gasteiger partial charge in [0.15, 0.2) is 0 Å². The van der Waals surface area contributed by atoms with Gasteiger partial charge in [-0.1, -0.05) is 47.6 Å². The molecule has 0 saturated carbocycles. The number of hydrogen-bond acceptors (Lipinski definition) is 4. The number of carbonyl (C=O) groups excluding carboxylic acids is 1. The highest BCUT2D eigenvalue weighted by Crippen LogP contribution is 2.29. The molecule has 1 aromatic heterocycles. The van der Waals surface area contributed by atoms with Gasteiger partial charge in [-0.3, -0.25) is 9.78 Å². The number of carbonyl (C=O) groups is 1. The van der Waals surface area contributed by atoms with Gasteiger partial charge in [-0.25, -0.2) is 0 Å². The number of benzene rings is 2. The van der Waals surface area contributed by atoms with Crippen LogP contribution in [0.5, 0.6) is 0 Å². The molecule has 2 unspecified atom stereocenters. The minimum atomic E-state index is -0.269. The van der Waals surface area contributed by atoms with E-state index in [0.29, 0.717) is 6.42 Å². The molecule has 0 spiro atoms. The predicted molar refractivity (Wildman–Crippen MR) is 114 cm³/mol. The fourth-order valence-electron chi connectivity index (χ4n) is 3.21. The van der Waals surface area contributed by atoms with Gasteiger partial charge in [0, 0.05) is 30.1 Å². The molecule has 3 aromatic rings. The van der Waals surface area contributed by atoms with Gasteiger partial charge in [-0.15, -0.1) is 11.6 Å². The third kappa shape index (κ3) is 4.81. The number of pyridine rings is 1. The van der Waals surface area contributed by atoms with Gasteiger partial charge in [0.25, 0.3) is 0 Å². The largest absolute Gasteiger partial charge is 0.391 e. The van der Waals surface area contributed by atoms with Crippen molar-refractivity contribution in [1.82, 2.24) is 4.98 Å². The Kier molecular flexibility index (Phi) is 5.86. The predicted octanol–water partition coefficient (Wildman–Crippen LogP) is 4.93. The number of aromatic nitrogens is 1. The maximum atomic E-state index is 12.4. The zero-order chi connectivity index (χ0) is 20.1. The first-order valence-corrected chi connectivity index (χ1v) is 9.84. The molecule has 1 aliphatic heterocycles. The SMILES string of the molecule is O=C(CC1CC(c2cccnc2)=NO1)Nc1ccc(C(Cl)c2ccccc2)cc1. The number of nitrogens with zero attached hydrogens (tertiary/aromatic N) is 2. The number of anilines is 1. The van der Waals surface area contributed by atoms with E-state index < -0.39 is 0 Å². The van der Waals surface area contributed by atoms with Crippen LogP contribution in [0.15, 0.2) is 84.3 Å². The monoisotopic (exact) mass is 405 g/mol. The number of nitrogens with one attached hydrogen (secondary N) is 1. The van der Waals surface area contributed by atoms with Gasteiger partial charge in [0.1, 0.15) is 6.10 Å². The molecule has 2 atom stereocenters. The van der Waals surface area contributed by atoms with Crippen LogP contribution < -0.4 is 5.32 Å². The minimum Gasteiger partial charge on any atom is -0.391 e. The zero-order valence-corrected chi connectivity index (χ0v) is 16.4. The molecule has 0 saturated heterocycles. The molecule has 4 rings (SSSR count). The number of amides is 1. The molecule has 0 aliphatic carbocycles. The fourth-order valence-corrected chi connectivity index (χ4v) is 3.50. The standard InChI is InChI=1S/C23H20ClN3O2/c24-23(16-5-2-1-3-6-16)17-8-10-19(11-9-17)26-22(28)14-20-13-21(27-29-20)18-7-4-12-25-15-18/h1-12,15,20,23H,13-14H2,(H,26,28). The molecule has 5 nitrogen and oxygen atoms in total. The Labute approximate surface area is 174 Å². The van der Waals surface area contributed by atoms with E-state index in [1.165, 1.54) is 0 Å². The lowest BCUT2D eigenvalue weighted by Crippen LogP contribution is -2.20. The van der Waals surface area contributed by atoms with Crippen molar-refractivity contribution in [2.24, 2.45) is 5.16 Å². The highest BCUT2D eigenvalue weighted by Gasteiger charge is 2.25. The maximum Gasteiger partial charge on any atom is 0.228 e. The average Bonchev–Trinajstić information content (AvgIpc) is 3.23. The first kappa shape index (κ1) is 19.2. The smallest absolute Gasteiger partial charge is 0.228 e. The van der Waals surface area contributed by atoms with Crippen molar-refractivity contribution < 1.29 is 9.63 Å². The molecule has 146 valence electrons. The van der Waals surface area contributed by atoms with E-state index in [9.17, 15) is 4.79 Å². The lowest BCUT2D eigenvalue weighted by molar-refractivity contribution is -0.118. The summed E-state index contributed by atoms with van der Waals surface area (Å²) in [6.45, 7) is 0. The molecule has 1 aliphatic rings. The van der Waals surface area contributed by atoms with Gasteiger partial charge >= 0.3 is 0 Å². The van der Waals surface area contributed by atoms with Gasteiger partial charge in [-0.2, -0.15) is 0 Å². The van der Waals surface area contributed by atoms with Crippen molar-refractivity contribution in [3.05, 3.63) is 95.8 Å². The topological polar surface area (TPSA) is 63.6 Å². The summed E-state index contributed by atoms with van der Waals surface area (Å²) in [5.41, 5.74) is 4.47. The highest BCUT2D eigenvalue weighted by molar-refractivity contribution is 6.22. The number of oxime groups is 1. The zero-order valence-electron chi connectivity index (χ0n) is 15.7. The van der Waals surface area contributed by atoms with Crippen LogP contribution in [0.3, 0.4) is 0 Å². The van der Waals surface area contributed by atoms with E-state index in [2.05, 4.69) is 15.5 Å². The van der Waals surface area contributed by atoms with Gasteiger partial charge in [0.2, 0.25) is 5.91 Å². The van der Waals surface area contributed by atoms with Crippen LogP contribution in [0.2, 0.25) is 0 Å². The second kappa shape index (κ2) is 8.88. The molecule has 1 N–H and O–H groups in total. The molecular formula is C23H20ClN3O2. The summed E-state index contributed by atoms with van der Waals surface area (Å²) < 4.78 is 0. The fraction of sp³-hybridized carbons (Fsp3) is 0.174. The molecular weight excluding hydrogens is 386 g/mol. The first-order chi connectivity index (χ1) is 14.2. The van der Waals surface area contributed by atoms with Crippen LogP contribution in [0.1, 0.15) is 34.9 Å². The lowest BCUT2D eigenvalue weighted by Gasteiger charge is -2.12. The molecule has 2 aromatic carbocycles. The third-order valence-electron chi connectivity index (χ3n) is 4.72. The second-order valence-electron chi connectivity index (χ2n) is 6.86. The lowest BCUT2D eigenvalue weighted by atomic mass is 10.0. The summed E-state index contributed by atoms with van der Waals surface area (Å²) in [7, 11) is 0. The quantitative estimate of drug-likeness (QED) is 0.591. The Hall–Kier alpha value is -3.18. The van der Waals surface area contributed by atoms with E-state index in [-0.39, 0.29) is 23.8 Å². The Balaban J connectivity index is 1.30. The van der Waals surface area contributed by atoms with Crippen molar-refractivity contribution >= 4 is 28.9 Å². The molecule has 29 heavy (non-hydrogen) atoms. The number of alkyl halides is 1. The van der Waals surface area contributed by atoms with E-state index >= 15 is 0 Å². The second-order valence-corrected chi connectivity index (χ2v) is 7.30. The van der Waals surface area contributed by atoms with E-state index in [4.69, 9.17) is 16.4 Å². The molecule has 6 heteroatoms. The number of halogens is 1. The Morgan fingerprint density at radius 1 is 1.07 bits per heavy atom. The molecule has 2 heterocycles. The molecule has 0 bridgehead atoms. The molecule has 0 radical (unpaired) electrons.